The van der Waals surface area contributed by atoms with E-state index in [-0.39, 0.29) is 6.10 Å². The van der Waals surface area contributed by atoms with Crippen molar-refractivity contribution in [3.63, 3.8) is 0 Å². The molecule has 0 spiro atoms. The third-order valence-electron chi connectivity index (χ3n) is 3.74. The topological polar surface area (TPSA) is 57.5 Å². The zero-order valence-corrected chi connectivity index (χ0v) is 13.7. The fraction of sp³-hybridized carbons (Fsp3) is 0.833. The van der Waals surface area contributed by atoms with Crippen molar-refractivity contribution in [2.24, 2.45) is 0 Å². The smallest absolute Gasteiger partial charge is 0.303 e. The molecule has 0 bridgehead atoms. The van der Waals surface area contributed by atoms with Gasteiger partial charge in [0.15, 0.2) is 0 Å². The molecule has 0 aromatic heterocycles. The van der Waals surface area contributed by atoms with Gasteiger partial charge in [-0.05, 0) is 38.5 Å². The van der Waals surface area contributed by atoms with Crippen molar-refractivity contribution in [1.29, 1.82) is 0 Å². The Bertz CT molecular complexity index is 261. The van der Waals surface area contributed by atoms with Gasteiger partial charge in [0.05, 0.1) is 6.10 Å². The first-order valence-corrected chi connectivity index (χ1v) is 8.71. The molecule has 1 atom stereocenters. The van der Waals surface area contributed by atoms with Crippen LogP contribution in [0, 0.1) is 0 Å². The van der Waals surface area contributed by atoms with Crippen molar-refractivity contribution in [1.82, 2.24) is 0 Å². The molecule has 21 heavy (non-hydrogen) atoms. The van der Waals surface area contributed by atoms with Crippen molar-refractivity contribution >= 4 is 5.97 Å². The molecule has 0 unspecified atom stereocenters. The number of carboxylic acid groups (broad SMARTS) is 1. The largest absolute Gasteiger partial charge is 0.481 e. The van der Waals surface area contributed by atoms with E-state index >= 15 is 0 Å². The second-order valence-corrected chi connectivity index (χ2v) is 5.90. The number of carboxylic acids is 1. The molecule has 0 fully saturated rings. The van der Waals surface area contributed by atoms with Gasteiger partial charge in [-0.2, -0.15) is 0 Å². The van der Waals surface area contributed by atoms with Crippen LogP contribution < -0.4 is 0 Å². The van der Waals surface area contributed by atoms with Crippen LogP contribution in [0.25, 0.3) is 0 Å². The molecule has 0 aliphatic carbocycles. The number of allylic oxidation sites excluding steroid dienone is 2. The van der Waals surface area contributed by atoms with Crippen molar-refractivity contribution in [2.75, 3.05) is 0 Å². The number of aliphatic hydroxyl groups is 1. The van der Waals surface area contributed by atoms with Gasteiger partial charge in [0.25, 0.3) is 0 Å². The van der Waals surface area contributed by atoms with Gasteiger partial charge in [-0.3, -0.25) is 4.79 Å². The molecule has 0 amide bonds. The standard InChI is InChI=1S/C18H34O3/c1-2-3-11-14-17(19)15-12-9-7-5-4-6-8-10-13-16-18(20)21/h7,9,17,19H,2-6,8,10-16H2,1H3,(H,20,21)/t17-/m0/s1. The highest BCUT2D eigenvalue weighted by atomic mass is 16.4. The number of carbonyl (C=O) groups is 1. The van der Waals surface area contributed by atoms with Gasteiger partial charge in [0.1, 0.15) is 0 Å². The van der Waals surface area contributed by atoms with Gasteiger partial charge in [-0.25, -0.2) is 0 Å². The molecule has 0 heterocycles. The molecule has 0 saturated carbocycles. The van der Waals surface area contributed by atoms with Gasteiger partial charge < -0.3 is 10.2 Å². The van der Waals surface area contributed by atoms with Crippen LogP contribution in [0.4, 0.5) is 0 Å². The maximum Gasteiger partial charge on any atom is 0.303 e. The molecule has 0 aromatic carbocycles. The summed E-state index contributed by atoms with van der Waals surface area (Å²) in [5.74, 6) is -0.685. The molecule has 2 N–H and O–H groups in total. The second kappa shape index (κ2) is 15.6. The van der Waals surface area contributed by atoms with E-state index in [0.29, 0.717) is 6.42 Å². The third kappa shape index (κ3) is 17.1. The first kappa shape index (κ1) is 20.2. The van der Waals surface area contributed by atoms with E-state index in [1.54, 1.807) is 0 Å². The molecule has 0 saturated heterocycles. The number of hydrogen-bond acceptors (Lipinski definition) is 2. The van der Waals surface area contributed by atoms with Crippen molar-refractivity contribution in [3.05, 3.63) is 12.2 Å². The van der Waals surface area contributed by atoms with Crippen LogP contribution in [0.15, 0.2) is 12.2 Å². The summed E-state index contributed by atoms with van der Waals surface area (Å²) in [7, 11) is 0. The summed E-state index contributed by atoms with van der Waals surface area (Å²) < 4.78 is 0. The summed E-state index contributed by atoms with van der Waals surface area (Å²) in [6.07, 6.45) is 17.4. The summed E-state index contributed by atoms with van der Waals surface area (Å²) >= 11 is 0. The number of hydrogen-bond donors (Lipinski definition) is 2. The average molecular weight is 298 g/mol. The Kier molecular flexibility index (Phi) is 14.9. The van der Waals surface area contributed by atoms with E-state index < -0.39 is 5.97 Å². The molecule has 3 nitrogen and oxygen atoms in total. The lowest BCUT2D eigenvalue weighted by Crippen LogP contribution is -2.05. The van der Waals surface area contributed by atoms with E-state index in [0.717, 1.165) is 51.4 Å². The summed E-state index contributed by atoms with van der Waals surface area (Å²) in [6, 6.07) is 0. The zero-order valence-electron chi connectivity index (χ0n) is 13.7. The fourth-order valence-electron chi connectivity index (χ4n) is 2.37. The van der Waals surface area contributed by atoms with E-state index in [4.69, 9.17) is 5.11 Å². The van der Waals surface area contributed by atoms with Crippen molar-refractivity contribution < 1.29 is 15.0 Å². The molecular formula is C18H34O3. The Morgan fingerprint density at radius 2 is 1.57 bits per heavy atom. The van der Waals surface area contributed by atoms with Crippen LogP contribution in [0.2, 0.25) is 0 Å². The van der Waals surface area contributed by atoms with E-state index in [1.165, 1.54) is 25.7 Å². The molecule has 0 aliphatic heterocycles. The van der Waals surface area contributed by atoms with Crippen molar-refractivity contribution in [3.8, 4) is 0 Å². The van der Waals surface area contributed by atoms with Crippen LogP contribution in [0.1, 0.15) is 90.4 Å². The summed E-state index contributed by atoms with van der Waals surface area (Å²) in [4.78, 5) is 10.3. The number of unbranched alkanes of at least 4 members (excludes halogenated alkanes) is 7. The highest BCUT2D eigenvalue weighted by molar-refractivity contribution is 5.66. The highest BCUT2D eigenvalue weighted by Gasteiger charge is 2.01. The first-order valence-electron chi connectivity index (χ1n) is 8.71. The van der Waals surface area contributed by atoms with Crippen LogP contribution in [0.3, 0.4) is 0 Å². The van der Waals surface area contributed by atoms with Crippen molar-refractivity contribution in [2.45, 2.75) is 96.5 Å². The minimum absolute atomic E-state index is 0.129. The predicted molar refractivity (Wildman–Crippen MR) is 88.5 cm³/mol. The Morgan fingerprint density at radius 1 is 0.905 bits per heavy atom. The van der Waals surface area contributed by atoms with Crippen LogP contribution in [-0.2, 0) is 4.79 Å². The number of aliphatic carboxylic acids is 1. The lowest BCUT2D eigenvalue weighted by molar-refractivity contribution is -0.137. The minimum atomic E-state index is -0.685. The highest BCUT2D eigenvalue weighted by Crippen LogP contribution is 2.10. The summed E-state index contributed by atoms with van der Waals surface area (Å²) in [5.41, 5.74) is 0. The van der Waals surface area contributed by atoms with Gasteiger partial charge >= 0.3 is 5.97 Å². The SMILES string of the molecule is CCCCC[C@H](O)CCC=CCCCCCCCC(=O)O. The average Bonchev–Trinajstić information content (AvgIpc) is 2.44. The van der Waals surface area contributed by atoms with Gasteiger partial charge in [0.2, 0.25) is 0 Å². The molecular weight excluding hydrogens is 264 g/mol. The predicted octanol–water partition coefficient (Wildman–Crippen LogP) is 5.08. The van der Waals surface area contributed by atoms with E-state index in [2.05, 4.69) is 19.1 Å². The molecule has 3 heteroatoms. The van der Waals surface area contributed by atoms with Gasteiger partial charge in [-0.1, -0.05) is 57.6 Å². The Balaban J connectivity index is 3.23. The number of rotatable bonds is 15. The minimum Gasteiger partial charge on any atom is -0.481 e. The normalized spacial score (nSPS) is 12.9. The Labute approximate surface area is 130 Å². The molecule has 0 aromatic rings. The number of aliphatic hydroxyl groups excluding tert-OH is 1. The second-order valence-electron chi connectivity index (χ2n) is 5.90. The van der Waals surface area contributed by atoms with Crippen LogP contribution >= 0.6 is 0 Å². The lowest BCUT2D eigenvalue weighted by Gasteiger charge is -2.07. The van der Waals surface area contributed by atoms with E-state index in [1.807, 2.05) is 0 Å². The van der Waals surface area contributed by atoms with Gasteiger partial charge in [0, 0.05) is 6.42 Å². The molecule has 124 valence electrons. The monoisotopic (exact) mass is 298 g/mol. The fourth-order valence-corrected chi connectivity index (χ4v) is 2.37. The molecule has 0 aliphatic rings. The Hall–Kier alpha value is -0.830. The zero-order chi connectivity index (χ0) is 15.8. The quantitative estimate of drug-likeness (QED) is 0.327. The lowest BCUT2D eigenvalue weighted by atomic mass is 10.1. The summed E-state index contributed by atoms with van der Waals surface area (Å²) in [5, 5.41) is 18.3. The Morgan fingerprint density at radius 3 is 2.29 bits per heavy atom. The van der Waals surface area contributed by atoms with Crippen LogP contribution in [-0.4, -0.2) is 22.3 Å². The van der Waals surface area contributed by atoms with Gasteiger partial charge in [-0.15, -0.1) is 0 Å². The summed E-state index contributed by atoms with van der Waals surface area (Å²) in [6.45, 7) is 2.18. The molecule has 0 radical (unpaired) electrons. The molecule has 0 rings (SSSR count). The third-order valence-corrected chi connectivity index (χ3v) is 3.74. The van der Waals surface area contributed by atoms with Crippen LogP contribution in [0.5, 0.6) is 0 Å². The van der Waals surface area contributed by atoms with E-state index in [9.17, 15) is 9.90 Å². The first-order chi connectivity index (χ1) is 10.2. The maximum absolute atomic E-state index is 10.3. The maximum atomic E-state index is 10.3.